The third-order valence-corrected chi connectivity index (χ3v) is 7.35. The van der Waals surface area contributed by atoms with E-state index in [0.717, 1.165) is 12.2 Å². The molecule has 5 nitrogen and oxygen atoms in total. The monoisotopic (exact) mass is 356 g/mol. The third kappa shape index (κ3) is 3.61. The second-order valence-corrected chi connectivity index (χ2v) is 10.2. The SMILES string of the molecule is O=S1(=O)CC[C@H](Cc2nnc(SC[C@H]3CC3(Cl)Cl)o2)C1. The van der Waals surface area contributed by atoms with Crippen molar-refractivity contribution in [3.8, 4) is 0 Å². The van der Waals surface area contributed by atoms with E-state index in [1.807, 2.05) is 0 Å². The summed E-state index contributed by atoms with van der Waals surface area (Å²) in [5.41, 5.74) is 0. The third-order valence-electron chi connectivity index (χ3n) is 3.60. The Morgan fingerprint density at radius 1 is 1.40 bits per heavy atom. The molecule has 0 radical (unpaired) electrons. The fourth-order valence-electron chi connectivity index (χ4n) is 2.28. The number of aromatic nitrogens is 2. The van der Waals surface area contributed by atoms with Gasteiger partial charge in [0.25, 0.3) is 5.22 Å². The van der Waals surface area contributed by atoms with Gasteiger partial charge in [-0.2, -0.15) is 0 Å². The van der Waals surface area contributed by atoms with E-state index in [-0.39, 0.29) is 23.3 Å². The molecule has 0 bridgehead atoms. The molecule has 2 atom stereocenters. The van der Waals surface area contributed by atoms with E-state index in [1.54, 1.807) is 0 Å². The summed E-state index contributed by atoms with van der Waals surface area (Å²) in [6.07, 6.45) is 2.01. The van der Waals surface area contributed by atoms with Gasteiger partial charge in [0.15, 0.2) is 9.84 Å². The molecule has 112 valence electrons. The molecular weight excluding hydrogens is 343 g/mol. The number of halogens is 2. The minimum Gasteiger partial charge on any atom is -0.416 e. The minimum absolute atomic E-state index is 0.0973. The molecule has 0 N–H and O–H groups in total. The van der Waals surface area contributed by atoms with Gasteiger partial charge in [-0.25, -0.2) is 8.42 Å². The molecule has 1 aliphatic carbocycles. The first-order valence-corrected chi connectivity index (χ1v) is 9.94. The highest BCUT2D eigenvalue weighted by Gasteiger charge is 2.51. The summed E-state index contributed by atoms with van der Waals surface area (Å²) in [5, 5.41) is 8.41. The highest BCUT2D eigenvalue weighted by atomic mass is 35.5. The molecule has 0 unspecified atom stereocenters. The van der Waals surface area contributed by atoms with Crippen molar-refractivity contribution in [2.45, 2.75) is 28.8 Å². The summed E-state index contributed by atoms with van der Waals surface area (Å²) in [6, 6.07) is 0. The van der Waals surface area contributed by atoms with Gasteiger partial charge < -0.3 is 4.42 Å². The van der Waals surface area contributed by atoms with E-state index >= 15 is 0 Å². The number of thioether (sulfide) groups is 1. The van der Waals surface area contributed by atoms with Crippen LogP contribution in [0.5, 0.6) is 0 Å². The number of hydrogen-bond acceptors (Lipinski definition) is 6. The Kier molecular flexibility index (Phi) is 3.99. The maximum atomic E-state index is 11.4. The summed E-state index contributed by atoms with van der Waals surface area (Å²) in [4.78, 5) is 0. The second-order valence-electron chi connectivity index (χ2n) is 5.41. The van der Waals surface area contributed by atoms with Crippen molar-refractivity contribution in [1.82, 2.24) is 10.2 Å². The van der Waals surface area contributed by atoms with Crippen molar-refractivity contribution in [3.05, 3.63) is 5.89 Å². The molecule has 1 saturated carbocycles. The Bertz CT molecular complexity index is 603. The molecule has 1 saturated heterocycles. The molecule has 0 spiro atoms. The Hall–Kier alpha value is 0.0200. The Morgan fingerprint density at radius 2 is 2.15 bits per heavy atom. The lowest BCUT2D eigenvalue weighted by atomic mass is 10.1. The number of nitrogens with zero attached hydrogens (tertiary/aromatic N) is 2. The van der Waals surface area contributed by atoms with Crippen molar-refractivity contribution < 1.29 is 12.8 Å². The fraction of sp³-hybridized carbons (Fsp3) is 0.818. The van der Waals surface area contributed by atoms with Crippen LogP contribution in [-0.4, -0.2) is 40.2 Å². The predicted octanol–water partition coefficient (Wildman–Crippen LogP) is 2.33. The summed E-state index contributed by atoms with van der Waals surface area (Å²) in [7, 11) is -2.86. The van der Waals surface area contributed by atoms with Crippen molar-refractivity contribution in [2.24, 2.45) is 11.8 Å². The first-order valence-electron chi connectivity index (χ1n) is 6.37. The van der Waals surface area contributed by atoms with Crippen LogP contribution in [0.25, 0.3) is 0 Å². The largest absolute Gasteiger partial charge is 0.416 e. The topological polar surface area (TPSA) is 73.1 Å². The Morgan fingerprint density at radius 3 is 2.75 bits per heavy atom. The highest BCUT2D eigenvalue weighted by Crippen LogP contribution is 2.54. The van der Waals surface area contributed by atoms with Gasteiger partial charge in [-0.3, -0.25) is 0 Å². The maximum Gasteiger partial charge on any atom is 0.276 e. The zero-order valence-electron chi connectivity index (χ0n) is 10.6. The lowest BCUT2D eigenvalue weighted by Crippen LogP contribution is -2.07. The molecule has 2 fully saturated rings. The first kappa shape index (κ1) is 14.9. The molecule has 2 heterocycles. The summed E-state index contributed by atoms with van der Waals surface area (Å²) in [6.45, 7) is 0. The van der Waals surface area contributed by atoms with Gasteiger partial charge in [-0.1, -0.05) is 11.8 Å². The Balaban J connectivity index is 1.50. The highest BCUT2D eigenvalue weighted by molar-refractivity contribution is 7.99. The van der Waals surface area contributed by atoms with Crippen molar-refractivity contribution in [2.75, 3.05) is 17.3 Å². The zero-order chi connectivity index (χ0) is 14.4. The second kappa shape index (κ2) is 5.34. The quantitative estimate of drug-likeness (QED) is 0.595. The minimum atomic E-state index is -2.86. The molecular formula is C11H14Cl2N2O3S2. The van der Waals surface area contributed by atoms with Gasteiger partial charge in [0, 0.05) is 18.1 Å². The van der Waals surface area contributed by atoms with Crippen LogP contribution in [0.15, 0.2) is 9.64 Å². The van der Waals surface area contributed by atoms with Crippen molar-refractivity contribution >= 4 is 44.8 Å². The lowest BCUT2D eigenvalue weighted by molar-refractivity contribution is 0.389. The van der Waals surface area contributed by atoms with Gasteiger partial charge in [0.1, 0.15) is 4.33 Å². The Labute approximate surface area is 131 Å². The van der Waals surface area contributed by atoms with E-state index < -0.39 is 14.2 Å². The maximum absolute atomic E-state index is 11.4. The predicted molar refractivity (Wildman–Crippen MR) is 78.0 cm³/mol. The molecule has 1 aromatic rings. The van der Waals surface area contributed by atoms with Crippen LogP contribution in [0.2, 0.25) is 0 Å². The van der Waals surface area contributed by atoms with Crippen LogP contribution in [-0.2, 0) is 16.3 Å². The lowest BCUT2D eigenvalue weighted by Gasteiger charge is -2.01. The van der Waals surface area contributed by atoms with Gasteiger partial charge >= 0.3 is 0 Å². The normalized spacial score (nSPS) is 30.5. The van der Waals surface area contributed by atoms with E-state index in [2.05, 4.69) is 10.2 Å². The summed E-state index contributed by atoms with van der Waals surface area (Å²) >= 11 is 13.3. The number of rotatable bonds is 5. The molecule has 1 aromatic heterocycles. The standard InChI is InChI=1S/C11H14Cl2N2O3S2/c12-11(13)4-8(11)5-19-10-15-14-9(18-10)3-7-1-2-20(16,17)6-7/h7-8H,1-6H2/t7-,8-/m1/s1. The number of alkyl halides is 2. The molecule has 0 amide bonds. The van der Waals surface area contributed by atoms with E-state index in [0.29, 0.717) is 24.0 Å². The van der Waals surface area contributed by atoms with Crippen LogP contribution >= 0.6 is 35.0 Å². The molecule has 3 rings (SSSR count). The van der Waals surface area contributed by atoms with Crippen LogP contribution in [0.1, 0.15) is 18.7 Å². The zero-order valence-corrected chi connectivity index (χ0v) is 13.7. The van der Waals surface area contributed by atoms with Gasteiger partial charge in [-0.05, 0) is 18.8 Å². The summed E-state index contributed by atoms with van der Waals surface area (Å²) in [5.74, 6) is 2.12. The molecule has 0 aromatic carbocycles. The van der Waals surface area contributed by atoms with Gasteiger partial charge in [-0.15, -0.1) is 33.4 Å². The van der Waals surface area contributed by atoms with E-state index in [1.165, 1.54) is 11.8 Å². The van der Waals surface area contributed by atoms with Gasteiger partial charge in [0.2, 0.25) is 5.89 Å². The average molecular weight is 357 g/mol. The van der Waals surface area contributed by atoms with E-state index in [4.69, 9.17) is 27.6 Å². The molecule has 1 aliphatic heterocycles. The first-order chi connectivity index (χ1) is 9.34. The van der Waals surface area contributed by atoms with E-state index in [9.17, 15) is 8.42 Å². The van der Waals surface area contributed by atoms with Crippen molar-refractivity contribution in [1.29, 1.82) is 0 Å². The van der Waals surface area contributed by atoms with Crippen LogP contribution in [0.3, 0.4) is 0 Å². The van der Waals surface area contributed by atoms with Gasteiger partial charge in [0.05, 0.1) is 11.5 Å². The smallest absolute Gasteiger partial charge is 0.276 e. The summed E-state index contributed by atoms with van der Waals surface area (Å²) < 4.78 is 27.7. The van der Waals surface area contributed by atoms with Crippen molar-refractivity contribution in [3.63, 3.8) is 0 Å². The number of hydrogen-bond donors (Lipinski definition) is 0. The fourth-order valence-corrected chi connectivity index (χ4v) is 5.85. The molecule has 2 aliphatic rings. The average Bonchev–Trinajstić information content (AvgIpc) is 2.71. The molecule has 20 heavy (non-hydrogen) atoms. The van der Waals surface area contributed by atoms with Crippen LogP contribution < -0.4 is 0 Å². The van der Waals surface area contributed by atoms with Crippen LogP contribution in [0, 0.1) is 11.8 Å². The number of sulfone groups is 1. The molecule has 9 heteroatoms. The van der Waals surface area contributed by atoms with Crippen LogP contribution in [0.4, 0.5) is 0 Å².